The van der Waals surface area contributed by atoms with E-state index in [-0.39, 0.29) is 23.3 Å². The number of carbonyl (C=O) groups is 1. The molecule has 32 heavy (non-hydrogen) atoms. The third-order valence-corrected chi connectivity index (χ3v) is 5.70. The molecule has 3 aromatic rings. The summed E-state index contributed by atoms with van der Waals surface area (Å²) in [5.41, 5.74) is 1.66. The quantitative estimate of drug-likeness (QED) is 0.537. The summed E-state index contributed by atoms with van der Waals surface area (Å²) in [5.74, 6) is -1.48. The van der Waals surface area contributed by atoms with Gasteiger partial charge in [-0.2, -0.15) is 13.2 Å². The van der Waals surface area contributed by atoms with Crippen LogP contribution in [-0.2, 0) is 6.18 Å². The predicted molar refractivity (Wildman–Crippen MR) is 114 cm³/mol. The number of benzene rings is 2. The number of amides is 1. The first kappa shape index (κ1) is 22.1. The van der Waals surface area contributed by atoms with Gasteiger partial charge in [0.05, 0.1) is 11.0 Å². The number of likely N-dealkylation sites (tertiary alicyclic amines) is 1. The lowest BCUT2D eigenvalue weighted by molar-refractivity contribution is -0.147. The molecule has 5 nitrogen and oxygen atoms in total. The second kappa shape index (κ2) is 8.44. The van der Waals surface area contributed by atoms with E-state index in [0.717, 1.165) is 10.3 Å². The first-order chi connectivity index (χ1) is 15.1. The molecule has 1 aromatic heterocycles. The molecule has 170 valence electrons. The average Bonchev–Trinajstić information content (AvgIpc) is 3.15. The normalized spacial score (nSPS) is 15.5. The highest BCUT2D eigenvalue weighted by Gasteiger charge is 2.38. The molecule has 1 fully saturated rings. The summed E-state index contributed by atoms with van der Waals surface area (Å²) in [6, 6.07) is 10.4. The SMILES string of the molecule is CC(C)n1c(C(F)(F)F)nc2cc(C(=O)N3CCC(Nc4ccc(F)cc4)CC3)ccc21. The van der Waals surface area contributed by atoms with E-state index in [1.54, 1.807) is 36.9 Å². The molecule has 9 heteroatoms. The summed E-state index contributed by atoms with van der Waals surface area (Å²) in [7, 11) is 0. The highest BCUT2D eigenvalue weighted by molar-refractivity contribution is 5.97. The van der Waals surface area contributed by atoms with Gasteiger partial charge in [-0.25, -0.2) is 9.37 Å². The Labute approximate surface area is 183 Å². The predicted octanol–water partition coefficient (Wildman–Crippen LogP) is 5.49. The van der Waals surface area contributed by atoms with E-state index >= 15 is 0 Å². The molecule has 1 amide bonds. The van der Waals surface area contributed by atoms with Crippen LogP contribution in [0, 0.1) is 5.82 Å². The number of hydrogen-bond donors (Lipinski definition) is 1. The standard InChI is InChI=1S/C23H24F4N4O/c1-14(2)31-20-8-3-15(13-19(20)29-22(31)23(25,26)27)21(32)30-11-9-18(10-12-30)28-17-6-4-16(24)5-7-17/h3-8,13-14,18,28H,9-12H2,1-2H3. The van der Waals surface area contributed by atoms with Gasteiger partial charge in [0.2, 0.25) is 5.82 Å². The zero-order chi connectivity index (χ0) is 23.0. The summed E-state index contributed by atoms with van der Waals surface area (Å²) in [6.07, 6.45) is -3.15. The van der Waals surface area contributed by atoms with E-state index in [2.05, 4.69) is 10.3 Å². The Hall–Kier alpha value is -3.10. The van der Waals surface area contributed by atoms with Crippen molar-refractivity contribution in [2.75, 3.05) is 18.4 Å². The third kappa shape index (κ3) is 4.42. The van der Waals surface area contributed by atoms with Crippen molar-refractivity contribution < 1.29 is 22.4 Å². The molecule has 4 rings (SSSR count). The zero-order valence-corrected chi connectivity index (χ0v) is 17.8. The number of nitrogens with one attached hydrogen (secondary N) is 1. The molecule has 1 aliphatic rings. The molecular formula is C23H24F4N4O. The van der Waals surface area contributed by atoms with E-state index in [9.17, 15) is 22.4 Å². The van der Waals surface area contributed by atoms with Crippen LogP contribution in [0.4, 0.5) is 23.2 Å². The van der Waals surface area contributed by atoms with Gasteiger partial charge >= 0.3 is 6.18 Å². The van der Waals surface area contributed by atoms with Gasteiger partial charge in [-0.1, -0.05) is 0 Å². The smallest absolute Gasteiger partial charge is 0.382 e. The zero-order valence-electron chi connectivity index (χ0n) is 17.8. The van der Waals surface area contributed by atoms with Crippen LogP contribution in [0.15, 0.2) is 42.5 Å². The largest absolute Gasteiger partial charge is 0.449 e. The third-order valence-electron chi connectivity index (χ3n) is 5.70. The van der Waals surface area contributed by atoms with E-state index in [0.29, 0.717) is 37.0 Å². The van der Waals surface area contributed by atoms with E-state index < -0.39 is 18.0 Å². The molecule has 0 atom stereocenters. The maximum atomic E-state index is 13.4. The van der Waals surface area contributed by atoms with E-state index in [1.165, 1.54) is 24.3 Å². The molecule has 0 unspecified atom stereocenters. The molecule has 1 aliphatic heterocycles. The number of aromatic nitrogens is 2. The van der Waals surface area contributed by atoms with E-state index in [1.807, 2.05) is 0 Å². The number of fused-ring (bicyclic) bond motifs is 1. The van der Waals surface area contributed by atoms with Gasteiger partial charge in [0.1, 0.15) is 5.82 Å². The minimum atomic E-state index is -4.58. The molecule has 2 aromatic carbocycles. The summed E-state index contributed by atoms with van der Waals surface area (Å²) in [5, 5.41) is 3.34. The van der Waals surface area contributed by atoms with Gasteiger partial charge in [0.15, 0.2) is 0 Å². The summed E-state index contributed by atoms with van der Waals surface area (Å²) in [4.78, 5) is 18.5. The fourth-order valence-electron chi connectivity index (χ4n) is 4.15. The monoisotopic (exact) mass is 448 g/mol. The van der Waals surface area contributed by atoms with Crippen LogP contribution in [0.1, 0.15) is 48.9 Å². The molecule has 2 heterocycles. The van der Waals surface area contributed by atoms with Crippen molar-refractivity contribution >= 4 is 22.6 Å². The maximum absolute atomic E-state index is 13.4. The molecule has 0 aliphatic carbocycles. The fraction of sp³-hybridized carbons (Fsp3) is 0.391. The molecule has 1 saturated heterocycles. The highest BCUT2D eigenvalue weighted by atomic mass is 19.4. The minimum Gasteiger partial charge on any atom is -0.382 e. The van der Waals surface area contributed by atoms with Crippen LogP contribution in [-0.4, -0.2) is 39.5 Å². The van der Waals surface area contributed by atoms with E-state index in [4.69, 9.17) is 0 Å². The number of piperidine rings is 1. The van der Waals surface area contributed by atoms with Crippen LogP contribution in [0.5, 0.6) is 0 Å². The number of carbonyl (C=O) groups excluding carboxylic acids is 1. The summed E-state index contributed by atoms with van der Waals surface area (Å²) in [6.45, 7) is 4.37. The lowest BCUT2D eigenvalue weighted by Crippen LogP contribution is -2.42. The van der Waals surface area contributed by atoms with Crippen LogP contribution >= 0.6 is 0 Å². The topological polar surface area (TPSA) is 50.2 Å². The van der Waals surface area contributed by atoms with Crippen molar-refractivity contribution in [1.82, 2.24) is 14.5 Å². The molecule has 0 bridgehead atoms. The number of nitrogens with zero attached hydrogens (tertiary/aromatic N) is 3. The number of hydrogen-bond acceptors (Lipinski definition) is 3. The first-order valence-corrected chi connectivity index (χ1v) is 10.5. The number of alkyl halides is 3. The lowest BCUT2D eigenvalue weighted by atomic mass is 10.0. The minimum absolute atomic E-state index is 0.156. The van der Waals surface area contributed by atoms with Crippen LogP contribution < -0.4 is 5.32 Å². The van der Waals surface area contributed by atoms with Crippen LogP contribution in [0.2, 0.25) is 0 Å². The van der Waals surface area contributed by atoms with Gasteiger partial charge in [-0.05, 0) is 69.2 Å². The molecule has 0 saturated carbocycles. The number of anilines is 1. The Kier molecular flexibility index (Phi) is 5.83. The maximum Gasteiger partial charge on any atom is 0.449 e. The molecular weight excluding hydrogens is 424 g/mol. The lowest BCUT2D eigenvalue weighted by Gasteiger charge is -2.33. The van der Waals surface area contributed by atoms with Crippen molar-refractivity contribution in [1.29, 1.82) is 0 Å². The molecule has 0 spiro atoms. The Bertz CT molecular complexity index is 1110. The van der Waals surface area contributed by atoms with Crippen molar-refractivity contribution in [3.05, 3.63) is 59.7 Å². The number of rotatable bonds is 4. The van der Waals surface area contributed by atoms with Gasteiger partial charge in [-0.15, -0.1) is 0 Å². The average molecular weight is 448 g/mol. The Morgan fingerprint density at radius 1 is 1.09 bits per heavy atom. The second-order valence-corrected chi connectivity index (χ2v) is 8.32. The van der Waals surface area contributed by atoms with Gasteiger partial charge in [0.25, 0.3) is 5.91 Å². The van der Waals surface area contributed by atoms with Gasteiger partial charge < -0.3 is 14.8 Å². The molecule has 1 N–H and O–H groups in total. The Morgan fingerprint density at radius 3 is 2.34 bits per heavy atom. The summed E-state index contributed by atoms with van der Waals surface area (Å²) < 4.78 is 54.5. The van der Waals surface area contributed by atoms with Crippen molar-refractivity contribution in [3.63, 3.8) is 0 Å². The number of imidazole rings is 1. The fourth-order valence-corrected chi connectivity index (χ4v) is 4.15. The van der Waals surface area contributed by atoms with Crippen molar-refractivity contribution in [2.24, 2.45) is 0 Å². The molecule has 0 radical (unpaired) electrons. The van der Waals surface area contributed by atoms with Crippen molar-refractivity contribution in [3.8, 4) is 0 Å². The van der Waals surface area contributed by atoms with Crippen molar-refractivity contribution in [2.45, 2.75) is 44.9 Å². The van der Waals surface area contributed by atoms with Crippen LogP contribution in [0.3, 0.4) is 0 Å². The summed E-state index contributed by atoms with van der Waals surface area (Å²) >= 11 is 0. The Balaban J connectivity index is 1.47. The van der Waals surface area contributed by atoms with Crippen LogP contribution in [0.25, 0.3) is 11.0 Å². The van der Waals surface area contributed by atoms with Gasteiger partial charge in [-0.3, -0.25) is 4.79 Å². The first-order valence-electron chi connectivity index (χ1n) is 10.5. The Morgan fingerprint density at radius 2 is 1.75 bits per heavy atom. The van der Waals surface area contributed by atoms with Gasteiger partial charge in [0, 0.05) is 36.4 Å². The highest BCUT2D eigenvalue weighted by Crippen LogP contribution is 2.34. The second-order valence-electron chi connectivity index (χ2n) is 8.32. The number of halogens is 4.